The Morgan fingerprint density at radius 3 is 1.83 bits per heavy atom. The average molecular weight is 224 g/mol. The van der Waals surface area contributed by atoms with E-state index in [9.17, 15) is 0 Å². The largest absolute Gasteiger partial charge is 1.00 e. The van der Waals surface area contributed by atoms with E-state index in [-0.39, 0.29) is 56.9 Å². The molecule has 1 fully saturated rings. The minimum atomic E-state index is -3.12. The fraction of sp³-hybridized carbons (Fsp3) is 1.00. The predicted octanol–water partition coefficient (Wildman–Crippen LogP) is -5.60. The normalized spacial score (nSPS) is 15.7. The van der Waals surface area contributed by atoms with Gasteiger partial charge in [-0.3, -0.25) is 0 Å². The quantitative estimate of drug-likeness (QED) is 0.314. The fourth-order valence-electron chi connectivity index (χ4n) is 0.580. The monoisotopic (exact) mass is 224 g/mol. The Hall–Kier alpha value is 1.54. The average Bonchev–Trinajstić information content (AvgIpc) is 1.90. The van der Waals surface area contributed by atoms with Gasteiger partial charge in [-0.2, -0.15) is 4.89 Å². The molecule has 1 heterocycles. The molecule has 0 amide bonds. The molecule has 68 valence electrons. The van der Waals surface area contributed by atoms with E-state index in [1.807, 2.05) is 0 Å². The van der Waals surface area contributed by atoms with Crippen molar-refractivity contribution in [2.75, 3.05) is 26.3 Å². The van der Waals surface area contributed by atoms with Crippen molar-refractivity contribution < 1.29 is 81.3 Å². The van der Waals surface area contributed by atoms with Crippen LogP contribution in [0.2, 0.25) is 0 Å². The second kappa shape index (κ2) is 15.0. The van der Waals surface area contributed by atoms with Crippen LogP contribution >= 0.6 is 8.25 Å². The Labute approximate surface area is 114 Å². The molecule has 0 aliphatic carbocycles. The molecule has 1 unspecified atom stereocenters. The third kappa shape index (κ3) is 22.5. The molecule has 4 N–H and O–H groups in total. The van der Waals surface area contributed by atoms with Crippen molar-refractivity contribution in [3.63, 3.8) is 0 Å². The van der Waals surface area contributed by atoms with Crippen molar-refractivity contribution in [3.05, 3.63) is 0 Å². The Morgan fingerprint density at radius 2 is 1.75 bits per heavy atom. The van der Waals surface area contributed by atoms with E-state index in [0.29, 0.717) is 0 Å². The minimum absolute atomic E-state index is 0. The molecule has 8 heteroatoms. The zero-order valence-electron chi connectivity index (χ0n) is 6.97. The van der Waals surface area contributed by atoms with Gasteiger partial charge in [0.1, 0.15) is 0 Å². The molecule has 0 radical (unpaired) electrons. The standard InChI is InChI=1S/C4H9NO.K.HO3P.H2O/c1-3-6-4-2-5-1;;1-4(2)3;/h5H,1-4H2;;(H,1,2,3);1H2/q;+1;;. The molecule has 0 spiro atoms. The molecule has 1 aliphatic heterocycles. The van der Waals surface area contributed by atoms with Crippen LogP contribution in [0.3, 0.4) is 0 Å². The second-order valence-electron chi connectivity index (χ2n) is 1.72. The third-order valence-corrected chi connectivity index (χ3v) is 0.933. The SMILES string of the molecule is C1COCC[NH2+]1.O=[P+]([O-])O.[K+].[OH-]. The van der Waals surface area contributed by atoms with Crippen LogP contribution in [0.15, 0.2) is 0 Å². The van der Waals surface area contributed by atoms with Gasteiger partial charge in [0.15, 0.2) is 0 Å². The first-order valence-electron chi connectivity index (χ1n) is 2.96. The molecule has 12 heavy (non-hydrogen) atoms. The smallest absolute Gasteiger partial charge is 0.870 e. The summed E-state index contributed by atoms with van der Waals surface area (Å²) in [4.78, 5) is 15.6. The summed E-state index contributed by atoms with van der Waals surface area (Å²) in [6, 6.07) is 0. The topological polar surface area (TPSA) is 116 Å². The van der Waals surface area contributed by atoms with E-state index < -0.39 is 8.25 Å². The first-order chi connectivity index (χ1) is 4.73. The molecule has 0 bridgehead atoms. The van der Waals surface area contributed by atoms with Gasteiger partial charge in [-0.1, -0.05) is 0 Å². The van der Waals surface area contributed by atoms with E-state index in [4.69, 9.17) is 19.1 Å². The Bertz CT molecular complexity index is 85.9. The summed E-state index contributed by atoms with van der Waals surface area (Å²) in [7, 11) is -3.12. The van der Waals surface area contributed by atoms with Crippen molar-refractivity contribution in [2.24, 2.45) is 0 Å². The number of ether oxygens (including phenoxy) is 1. The van der Waals surface area contributed by atoms with E-state index in [1.165, 1.54) is 0 Å². The molecule has 0 saturated carbocycles. The van der Waals surface area contributed by atoms with Crippen molar-refractivity contribution >= 4 is 8.25 Å². The van der Waals surface area contributed by atoms with Crippen LogP contribution in [0.1, 0.15) is 0 Å². The minimum Gasteiger partial charge on any atom is -0.870 e. The first kappa shape index (κ1) is 19.2. The number of rotatable bonds is 0. The maximum Gasteiger partial charge on any atom is 1.00 e. The molecular formula is C4H12KNO5P+. The third-order valence-electron chi connectivity index (χ3n) is 0.933. The number of nitrogens with two attached hydrogens (primary N) is 1. The number of quaternary nitrogens is 1. The zero-order valence-corrected chi connectivity index (χ0v) is 11.0. The molecule has 0 aromatic carbocycles. The van der Waals surface area contributed by atoms with Gasteiger partial charge >= 0.3 is 59.6 Å². The molecule has 0 aromatic rings. The number of morpholine rings is 1. The first-order valence-corrected chi connectivity index (χ1v) is 4.09. The van der Waals surface area contributed by atoms with Crippen molar-refractivity contribution in [2.45, 2.75) is 0 Å². The van der Waals surface area contributed by atoms with E-state index in [0.717, 1.165) is 26.3 Å². The fourth-order valence-corrected chi connectivity index (χ4v) is 0.580. The summed E-state index contributed by atoms with van der Waals surface area (Å²) >= 11 is 0. The van der Waals surface area contributed by atoms with Crippen LogP contribution in [0, 0.1) is 0 Å². The summed E-state index contributed by atoms with van der Waals surface area (Å²) in [5.41, 5.74) is 0. The van der Waals surface area contributed by atoms with Crippen LogP contribution in [0.5, 0.6) is 0 Å². The van der Waals surface area contributed by atoms with Gasteiger partial charge in [-0.05, 0) is 4.57 Å². The van der Waals surface area contributed by atoms with Gasteiger partial charge in [-0.25, -0.2) is 0 Å². The molecule has 1 rings (SSSR count). The molecule has 1 saturated heterocycles. The summed E-state index contributed by atoms with van der Waals surface area (Å²) in [6.45, 7) is 4.19. The second-order valence-corrected chi connectivity index (χ2v) is 2.19. The Balaban J connectivity index is -0.000000124. The van der Waals surface area contributed by atoms with E-state index in [1.54, 1.807) is 0 Å². The van der Waals surface area contributed by atoms with Crippen molar-refractivity contribution in [3.8, 4) is 0 Å². The van der Waals surface area contributed by atoms with Gasteiger partial charge in [0.25, 0.3) is 0 Å². The Kier molecular flexibility index (Phi) is 24.0. The zero-order chi connectivity index (χ0) is 7.82. The van der Waals surface area contributed by atoms with Crippen molar-refractivity contribution in [1.82, 2.24) is 0 Å². The van der Waals surface area contributed by atoms with Crippen LogP contribution in [0.4, 0.5) is 0 Å². The predicted molar refractivity (Wildman–Crippen MR) is 34.2 cm³/mol. The maximum atomic E-state index is 8.59. The number of hydrogen-bond donors (Lipinski definition) is 2. The van der Waals surface area contributed by atoms with E-state index >= 15 is 0 Å². The van der Waals surface area contributed by atoms with Gasteiger partial charge in [0.05, 0.1) is 26.3 Å². The van der Waals surface area contributed by atoms with Gasteiger partial charge < -0.3 is 20.4 Å². The van der Waals surface area contributed by atoms with Gasteiger partial charge in [-0.15, -0.1) is 0 Å². The van der Waals surface area contributed by atoms with Crippen LogP contribution < -0.4 is 61.6 Å². The van der Waals surface area contributed by atoms with Crippen LogP contribution in [-0.4, -0.2) is 36.7 Å². The van der Waals surface area contributed by atoms with Crippen LogP contribution in [0.25, 0.3) is 0 Å². The van der Waals surface area contributed by atoms with Crippen LogP contribution in [-0.2, 0) is 9.30 Å². The molecule has 0 aromatic heterocycles. The summed E-state index contributed by atoms with van der Waals surface area (Å²) in [6.07, 6.45) is 0. The molecular weight excluding hydrogens is 212 g/mol. The maximum absolute atomic E-state index is 8.59. The van der Waals surface area contributed by atoms with Crippen molar-refractivity contribution in [1.29, 1.82) is 0 Å². The molecule has 1 atom stereocenters. The Morgan fingerprint density at radius 1 is 1.42 bits per heavy atom. The molecule has 6 nitrogen and oxygen atoms in total. The molecule has 1 aliphatic rings. The summed E-state index contributed by atoms with van der Waals surface area (Å²) in [5.74, 6) is 0. The number of hydrogen-bond acceptors (Lipinski definition) is 4. The van der Waals surface area contributed by atoms with E-state index in [2.05, 4.69) is 5.32 Å². The van der Waals surface area contributed by atoms with Gasteiger partial charge in [0, 0.05) is 0 Å². The summed E-state index contributed by atoms with van der Waals surface area (Å²) < 4.78 is 13.6. The summed E-state index contributed by atoms with van der Waals surface area (Å²) in [5, 5.41) is 2.27. The van der Waals surface area contributed by atoms with Gasteiger partial charge in [0.2, 0.25) is 0 Å².